The first-order valence-electron chi connectivity index (χ1n) is 12.2. The van der Waals surface area contributed by atoms with Gasteiger partial charge in [0.25, 0.3) is 0 Å². The van der Waals surface area contributed by atoms with E-state index in [1.54, 1.807) is 18.0 Å². The van der Waals surface area contributed by atoms with Crippen molar-refractivity contribution in [3.63, 3.8) is 0 Å². The predicted octanol–water partition coefficient (Wildman–Crippen LogP) is 3.68. The van der Waals surface area contributed by atoms with Crippen LogP contribution in [0.2, 0.25) is 0 Å². The lowest BCUT2D eigenvalue weighted by Gasteiger charge is -2.41. The standard InChI is InChI=1S/C25H45N3O4/c1-9-19(10-2)28-14-12-11-13-20(28)23(29)26-22(17(5)6)24(30)27(8)21(16(3)4)15-18(7)25(31)32/h15-17,19-22H,9-14H2,1-8H3,(H,26,29)(H,31,32)/b18-15+/t20?,21-,22+/m1/s1. The van der Waals surface area contributed by atoms with Crippen LogP contribution in [0.3, 0.4) is 0 Å². The molecule has 1 fully saturated rings. The van der Waals surface area contributed by atoms with Crippen molar-refractivity contribution in [2.75, 3.05) is 13.6 Å². The molecule has 0 spiro atoms. The van der Waals surface area contributed by atoms with Crippen LogP contribution >= 0.6 is 0 Å². The SMILES string of the molecule is CCC(CC)N1CCCCC1C(=O)N[C@H](C(=O)N(C)[C@H](/C=C(\C)C(=O)O)C(C)C)C(C)C. The summed E-state index contributed by atoms with van der Waals surface area (Å²) in [4.78, 5) is 42.0. The molecule has 1 unspecified atom stereocenters. The second kappa shape index (κ2) is 13.0. The number of carbonyl (C=O) groups is 3. The van der Waals surface area contributed by atoms with Crippen molar-refractivity contribution in [1.82, 2.24) is 15.1 Å². The molecule has 0 saturated carbocycles. The van der Waals surface area contributed by atoms with Crippen molar-refractivity contribution in [3.8, 4) is 0 Å². The number of carboxylic acids is 1. The molecular weight excluding hydrogens is 406 g/mol. The fourth-order valence-corrected chi connectivity index (χ4v) is 4.64. The Hall–Kier alpha value is -1.89. The third-order valence-corrected chi connectivity index (χ3v) is 6.72. The zero-order valence-corrected chi connectivity index (χ0v) is 21.4. The van der Waals surface area contributed by atoms with Gasteiger partial charge in [-0.15, -0.1) is 0 Å². The molecule has 184 valence electrons. The summed E-state index contributed by atoms with van der Waals surface area (Å²) in [6.07, 6.45) is 6.55. The minimum atomic E-state index is -0.996. The summed E-state index contributed by atoms with van der Waals surface area (Å²) in [5.41, 5.74) is 0.205. The second-order valence-electron chi connectivity index (χ2n) is 9.79. The molecular formula is C25H45N3O4. The van der Waals surface area contributed by atoms with E-state index in [1.807, 2.05) is 27.7 Å². The van der Waals surface area contributed by atoms with Crippen LogP contribution in [-0.2, 0) is 14.4 Å². The van der Waals surface area contributed by atoms with Gasteiger partial charge in [-0.2, -0.15) is 0 Å². The Labute approximate surface area is 194 Å². The van der Waals surface area contributed by atoms with Gasteiger partial charge in [-0.25, -0.2) is 4.79 Å². The fourth-order valence-electron chi connectivity index (χ4n) is 4.64. The lowest BCUT2D eigenvalue weighted by Crippen LogP contribution is -2.59. The molecule has 0 aromatic carbocycles. The van der Waals surface area contributed by atoms with Gasteiger partial charge in [0.15, 0.2) is 0 Å². The molecule has 0 aromatic heterocycles. The predicted molar refractivity (Wildman–Crippen MR) is 128 cm³/mol. The highest BCUT2D eigenvalue weighted by molar-refractivity contribution is 5.90. The number of piperidine rings is 1. The van der Waals surface area contributed by atoms with Crippen molar-refractivity contribution in [1.29, 1.82) is 0 Å². The normalized spacial score (nSPS) is 19.8. The Kier molecular flexibility index (Phi) is 11.4. The summed E-state index contributed by atoms with van der Waals surface area (Å²) in [6, 6.07) is -0.857. The molecule has 7 nitrogen and oxygen atoms in total. The third kappa shape index (κ3) is 7.32. The van der Waals surface area contributed by atoms with Gasteiger partial charge in [0.2, 0.25) is 11.8 Å². The number of hydrogen-bond donors (Lipinski definition) is 2. The Balaban J connectivity index is 3.08. The Morgan fingerprint density at radius 2 is 1.69 bits per heavy atom. The first-order chi connectivity index (χ1) is 15.0. The van der Waals surface area contributed by atoms with E-state index in [1.165, 1.54) is 6.92 Å². The largest absolute Gasteiger partial charge is 0.478 e. The van der Waals surface area contributed by atoms with Crippen molar-refractivity contribution < 1.29 is 19.5 Å². The summed E-state index contributed by atoms with van der Waals surface area (Å²) in [5.74, 6) is -1.31. The number of carbonyl (C=O) groups excluding carboxylic acids is 2. The van der Waals surface area contributed by atoms with E-state index in [0.717, 1.165) is 38.6 Å². The zero-order chi connectivity index (χ0) is 24.6. The van der Waals surface area contributed by atoms with E-state index < -0.39 is 12.0 Å². The molecule has 2 amide bonds. The molecule has 0 bridgehead atoms. The number of carboxylic acid groups (broad SMARTS) is 1. The summed E-state index contributed by atoms with van der Waals surface area (Å²) >= 11 is 0. The third-order valence-electron chi connectivity index (χ3n) is 6.72. The summed E-state index contributed by atoms with van der Waals surface area (Å²) < 4.78 is 0. The van der Waals surface area contributed by atoms with Gasteiger partial charge in [0.05, 0.1) is 12.1 Å². The van der Waals surface area contributed by atoms with E-state index in [0.29, 0.717) is 6.04 Å². The van der Waals surface area contributed by atoms with Crippen LogP contribution < -0.4 is 5.32 Å². The molecule has 0 aliphatic carbocycles. The number of amides is 2. The second-order valence-corrected chi connectivity index (χ2v) is 9.79. The van der Waals surface area contributed by atoms with Crippen molar-refractivity contribution in [3.05, 3.63) is 11.6 Å². The van der Waals surface area contributed by atoms with E-state index in [-0.39, 0.29) is 41.3 Å². The highest BCUT2D eigenvalue weighted by Gasteiger charge is 2.36. The highest BCUT2D eigenvalue weighted by atomic mass is 16.4. The Bertz CT molecular complexity index is 670. The Morgan fingerprint density at radius 1 is 1.09 bits per heavy atom. The van der Waals surface area contributed by atoms with Gasteiger partial charge >= 0.3 is 5.97 Å². The Morgan fingerprint density at radius 3 is 2.16 bits per heavy atom. The molecule has 1 rings (SSSR count). The molecule has 1 heterocycles. The summed E-state index contributed by atoms with van der Waals surface area (Å²) in [7, 11) is 1.69. The van der Waals surface area contributed by atoms with Crippen molar-refractivity contribution >= 4 is 17.8 Å². The number of likely N-dealkylation sites (N-methyl/N-ethyl adjacent to an activating group) is 1. The number of aliphatic carboxylic acids is 1. The van der Waals surface area contributed by atoms with Crippen LogP contribution in [0.4, 0.5) is 0 Å². The monoisotopic (exact) mass is 451 g/mol. The van der Waals surface area contributed by atoms with Gasteiger partial charge in [0.1, 0.15) is 6.04 Å². The molecule has 2 N–H and O–H groups in total. The zero-order valence-electron chi connectivity index (χ0n) is 21.4. The van der Waals surface area contributed by atoms with Gasteiger partial charge in [-0.05, 0) is 51.0 Å². The molecule has 3 atom stereocenters. The maximum atomic E-state index is 13.4. The maximum absolute atomic E-state index is 13.4. The quantitative estimate of drug-likeness (QED) is 0.468. The lowest BCUT2D eigenvalue weighted by atomic mass is 9.94. The van der Waals surface area contributed by atoms with Crippen molar-refractivity contribution in [2.45, 2.75) is 105 Å². The molecule has 1 aliphatic rings. The first kappa shape index (κ1) is 28.1. The van der Waals surface area contributed by atoms with Gasteiger partial charge < -0.3 is 15.3 Å². The number of hydrogen-bond acceptors (Lipinski definition) is 4. The van der Waals surface area contributed by atoms with Gasteiger partial charge in [-0.1, -0.05) is 54.0 Å². The molecule has 32 heavy (non-hydrogen) atoms. The van der Waals surface area contributed by atoms with Crippen LogP contribution in [0.15, 0.2) is 11.6 Å². The molecule has 7 heteroatoms. The van der Waals surface area contributed by atoms with E-state index in [4.69, 9.17) is 0 Å². The van der Waals surface area contributed by atoms with Crippen LogP contribution in [0.1, 0.15) is 80.6 Å². The number of nitrogens with zero attached hydrogens (tertiary/aromatic N) is 2. The number of nitrogens with one attached hydrogen (secondary N) is 1. The topological polar surface area (TPSA) is 90.0 Å². The first-order valence-corrected chi connectivity index (χ1v) is 12.2. The van der Waals surface area contributed by atoms with Crippen molar-refractivity contribution in [2.24, 2.45) is 11.8 Å². The fraction of sp³-hybridized carbons (Fsp3) is 0.800. The van der Waals surface area contributed by atoms with Crippen LogP contribution in [0.25, 0.3) is 0 Å². The molecule has 0 aromatic rings. The molecule has 1 saturated heterocycles. The van der Waals surface area contributed by atoms with Crippen LogP contribution in [-0.4, -0.2) is 70.4 Å². The number of rotatable bonds is 11. The van der Waals surface area contributed by atoms with E-state index in [2.05, 4.69) is 24.1 Å². The minimum Gasteiger partial charge on any atom is -0.478 e. The minimum absolute atomic E-state index is 0.0328. The lowest BCUT2D eigenvalue weighted by molar-refractivity contribution is -0.140. The van der Waals surface area contributed by atoms with E-state index in [9.17, 15) is 19.5 Å². The smallest absolute Gasteiger partial charge is 0.331 e. The van der Waals surface area contributed by atoms with Gasteiger partial charge in [-0.3, -0.25) is 14.5 Å². The molecule has 1 aliphatic heterocycles. The van der Waals surface area contributed by atoms with Crippen LogP contribution in [0, 0.1) is 11.8 Å². The molecule has 0 radical (unpaired) electrons. The van der Waals surface area contributed by atoms with Gasteiger partial charge in [0, 0.05) is 18.7 Å². The van der Waals surface area contributed by atoms with Crippen LogP contribution in [0.5, 0.6) is 0 Å². The summed E-state index contributed by atoms with van der Waals surface area (Å²) in [5, 5.41) is 12.3. The average Bonchev–Trinajstić information content (AvgIpc) is 2.75. The summed E-state index contributed by atoms with van der Waals surface area (Å²) in [6.45, 7) is 14.5. The average molecular weight is 452 g/mol. The number of likely N-dealkylation sites (tertiary alicyclic amines) is 1. The highest BCUT2D eigenvalue weighted by Crippen LogP contribution is 2.24. The van der Waals surface area contributed by atoms with E-state index >= 15 is 0 Å². The maximum Gasteiger partial charge on any atom is 0.331 e.